The fourth-order valence-corrected chi connectivity index (χ4v) is 7.86. The van der Waals surface area contributed by atoms with Crippen molar-refractivity contribution in [2.45, 2.75) is 77.6 Å². The molecule has 2 amide bonds. The second-order valence-electron chi connectivity index (χ2n) is 12.4. The number of hydrogen-bond donors (Lipinski definition) is 10. The van der Waals surface area contributed by atoms with Crippen molar-refractivity contribution in [3.63, 3.8) is 0 Å². The summed E-state index contributed by atoms with van der Waals surface area (Å²) in [6.07, 6.45) is -6.30. The zero-order valence-electron chi connectivity index (χ0n) is 30.8. The van der Waals surface area contributed by atoms with Gasteiger partial charge in [0.1, 0.15) is 36.3 Å². The molecule has 11 N–H and O–H groups in total. The minimum atomic E-state index is -5.56. The number of fused-ring (bicyclic) bond motifs is 1. The summed E-state index contributed by atoms with van der Waals surface area (Å²) in [5, 5.41) is 33.9. The second-order valence-corrected chi connectivity index (χ2v) is 17.8. The number of hydrogen-bond acceptors (Lipinski definition) is 19. The number of anilines is 1. The average molecular weight is 898 g/mol. The average Bonchev–Trinajstić information content (AvgIpc) is 3.68. The van der Waals surface area contributed by atoms with E-state index in [9.17, 15) is 62.7 Å². The van der Waals surface area contributed by atoms with E-state index in [0.29, 0.717) is 12.2 Å². The van der Waals surface area contributed by atoms with Gasteiger partial charge in [0.25, 0.3) is 0 Å². The largest absolute Gasteiger partial charge is 0.481 e. The Balaban J connectivity index is 0.00000210. The van der Waals surface area contributed by atoms with Crippen molar-refractivity contribution >= 4 is 75.1 Å². The first-order valence-electron chi connectivity index (χ1n) is 16.6. The van der Waals surface area contributed by atoms with E-state index < -0.39 is 90.5 Å². The number of aliphatic carboxylic acids is 1. The molecule has 1 aliphatic heterocycles. The van der Waals surface area contributed by atoms with Crippen molar-refractivity contribution in [2.24, 2.45) is 5.41 Å². The Morgan fingerprint density at radius 2 is 1.65 bits per heavy atom. The van der Waals surface area contributed by atoms with Crippen LogP contribution in [0.15, 0.2) is 12.7 Å². The molecule has 0 aliphatic carbocycles. The molecule has 2 aromatic heterocycles. The Kier molecular flexibility index (Phi) is 19.2. The van der Waals surface area contributed by atoms with Crippen LogP contribution < -0.4 is 16.4 Å². The summed E-state index contributed by atoms with van der Waals surface area (Å²) < 4.78 is 61.9. The minimum absolute atomic E-state index is 0.0221. The van der Waals surface area contributed by atoms with Crippen LogP contribution in [0.2, 0.25) is 0 Å². The van der Waals surface area contributed by atoms with E-state index in [4.69, 9.17) is 24.6 Å². The number of carbonyl (C=O) groups is 4. The topological polar surface area (TPSA) is 401 Å². The molecule has 0 spiro atoms. The normalized spacial score (nSPS) is 21.1. The Labute approximate surface area is 328 Å². The van der Waals surface area contributed by atoms with Crippen LogP contribution >= 0.6 is 35.2 Å². The van der Waals surface area contributed by atoms with E-state index in [0.717, 1.165) is 29.0 Å². The van der Waals surface area contributed by atoms with Gasteiger partial charge < -0.3 is 56.0 Å². The number of amides is 2. The molecule has 2 unspecified atom stereocenters. The van der Waals surface area contributed by atoms with Gasteiger partial charge in [-0.1, -0.05) is 39.5 Å². The third kappa shape index (κ3) is 16.7. The molecule has 3 heterocycles. The number of nitrogens with zero attached hydrogens (tertiary/aromatic N) is 4. The van der Waals surface area contributed by atoms with Gasteiger partial charge in [-0.2, -0.15) is 4.31 Å². The fourth-order valence-electron chi connectivity index (χ4n) is 4.40. The maximum Gasteiger partial charge on any atom is 0.481 e. The lowest BCUT2D eigenvalue weighted by Gasteiger charge is -2.30. The summed E-state index contributed by atoms with van der Waals surface area (Å²) in [5.41, 5.74) is 4.26. The summed E-state index contributed by atoms with van der Waals surface area (Å²) >= 11 is 1.07. The lowest BCUT2D eigenvalue weighted by molar-refractivity contribution is -0.137. The van der Waals surface area contributed by atoms with E-state index in [1.807, 2.05) is 0 Å². The number of carbonyl (C=O) groups excluding carboxylic acids is 3. The summed E-state index contributed by atoms with van der Waals surface area (Å²) in [5.74, 6) is -1.81. The highest BCUT2D eigenvalue weighted by Crippen LogP contribution is 2.61. The van der Waals surface area contributed by atoms with Crippen molar-refractivity contribution in [3.8, 4) is 0 Å². The Bertz CT molecular complexity index is 1850. The summed E-state index contributed by atoms with van der Waals surface area (Å²) in [6.45, 7) is 3.84. The van der Waals surface area contributed by atoms with Gasteiger partial charge in [-0.15, -0.1) is 0 Å². The van der Waals surface area contributed by atoms with E-state index in [1.165, 1.54) is 13.8 Å². The molecule has 1 fully saturated rings. The number of imidazole rings is 1. The van der Waals surface area contributed by atoms with Gasteiger partial charge in [0, 0.05) is 43.5 Å². The molecule has 0 aromatic carbocycles. The molecule has 0 saturated carbocycles. The molecule has 30 heteroatoms. The molecular weight excluding hydrogens is 851 g/mol. The van der Waals surface area contributed by atoms with Gasteiger partial charge in [-0.3, -0.25) is 37.3 Å². The summed E-state index contributed by atoms with van der Waals surface area (Å²) in [4.78, 5) is 95.8. The van der Waals surface area contributed by atoms with Crippen molar-refractivity contribution < 1.29 is 90.4 Å². The summed E-state index contributed by atoms with van der Waals surface area (Å²) in [6, 6.07) is 0. The SMILES string of the molecule is CCC(=O)O.CCC(=O)SCCNC(=O)CCNC(=O)[C@H](O)C(C)(C)COP(=O)(O)OP(=O)(O)OC[C@H]1O[C@@H](n2cnc3c(N)ncnc32)[C@H](O)[C@@H]1OP(=O)(O)O. The Hall–Kier alpha value is -2.97. The van der Waals surface area contributed by atoms with Gasteiger partial charge in [0.15, 0.2) is 22.8 Å². The van der Waals surface area contributed by atoms with E-state index in [2.05, 4.69) is 34.4 Å². The lowest BCUT2D eigenvalue weighted by atomic mass is 9.87. The predicted octanol–water partition coefficient (Wildman–Crippen LogP) is -0.444. The van der Waals surface area contributed by atoms with Gasteiger partial charge in [-0.05, 0) is 0 Å². The number of nitrogens with two attached hydrogens (primary N) is 1. The number of nitrogen functional groups attached to an aromatic ring is 1. The number of ether oxygens (including phenoxy) is 1. The van der Waals surface area contributed by atoms with Crippen LogP contribution in [-0.2, 0) is 55.5 Å². The molecule has 0 bridgehead atoms. The molecule has 1 aliphatic rings. The van der Waals surface area contributed by atoms with Crippen molar-refractivity contribution in [1.82, 2.24) is 30.2 Å². The number of rotatable bonds is 21. The molecule has 1 saturated heterocycles. The number of aliphatic hydroxyl groups excluding tert-OH is 2. The number of aromatic nitrogens is 4. The highest BCUT2D eigenvalue weighted by atomic mass is 32.2. The maximum atomic E-state index is 12.6. The monoisotopic (exact) mass is 897 g/mol. The first-order valence-corrected chi connectivity index (χ1v) is 22.1. The Morgan fingerprint density at radius 1 is 1.02 bits per heavy atom. The molecule has 324 valence electrons. The molecular formula is C27H46N7O19P3S. The van der Waals surface area contributed by atoms with Crippen LogP contribution in [0.3, 0.4) is 0 Å². The Morgan fingerprint density at radius 3 is 2.25 bits per heavy atom. The highest BCUT2D eigenvalue weighted by molar-refractivity contribution is 8.13. The predicted molar refractivity (Wildman–Crippen MR) is 195 cm³/mol. The zero-order chi connectivity index (χ0) is 43.4. The van der Waals surface area contributed by atoms with Crippen molar-refractivity contribution in [2.75, 3.05) is 37.8 Å². The van der Waals surface area contributed by atoms with Crippen molar-refractivity contribution in [1.29, 1.82) is 0 Å². The van der Waals surface area contributed by atoms with Gasteiger partial charge in [0.05, 0.1) is 19.5 Å². The third-order valence-electron chi connectivity index (χ3n) is 7.36. The van der Waals surface area contributed by atoms with Crippen molar-refractivity contribution in [3.05, 3.63) is 12.7 Å². The smallest absolute Gasteiger partial charge is 0.481 e. The molecule has 26 nitrogen and oxygen atoms in total. The zero-order valence-corrected chi connectivity index (χ0v) is 34.3. The van der Waals surface area contributed by atoms with Crippen LogP contribution in [0.4, 0.5) is 5.82 Å². The summed E-state index contributed by atoms with van der Waals surface area (Å²) in [7, 11) is -16.4. The first-order chi connectivity index (χ1) is 26.3. The van der Waals surface area contributed by atoms with E-state index in [1.54, 1.807) is 13.8 Å². The van der Waals surface area contributed by atoms with Gasteiger partial charge in [0.2, 0.25) is 11.8 Å². The fraction of sp³-hybridized carbons (Fsp3) is 0.667. The van der Waals surface area contributed by atoms with Crippen LogP contribution in [0.25, 0.3) is 11.2 Å². The second kappa shape index (κ2) is 21.9. The van der Waals surface area contributed by atoms with Gasteiger partial charge in [-0.25, -0.2) is 28.6 Å². The van der Waals surface area contributed by atoms with Crippen LogP contribution in [0.5, 0.6) is 0 Å². The number of carboxylic acid groups (broad SMARTS) is 1. The molecule has 7 atom stereocenters. The quantitative estimate of drug-likeness (QED) is 0.0560. The van der Waals surface area contributed by atoms with E-state index >= 15 is 0 Å². The number of thioether (sulfide) groups is 1. The number of aliphatic hydroxyl groups is 2. The number of phosphoric ester groups is 3. The van der Waals surface area contributed by atoms with Crippen LogP contribution in [0.1, 0.15) is 53.2 Å². The molecule has 57 heavy (non-hydrogen) atoms. The number of nitrogens with one attached hydrogen (secondary N) is 2. The molecule has 3 rings (SSSR count). The first kappa shape index (κ1) is 50.2. The third-order valence-corrected chi connectivity index (χ3v) is 11.5. The standard InChI is InChI=1S/C24H40N7O17P3S.C3H6O2/c1-4-15(33)52-8-7-26-14(32)5-6-27-22(36)19(35)24(2,3)10-45-51(42,43)48-50(40,41)44-9-13-18(47-49(37,38)39)17(34)23(46-13)31-12-30-16-20(25)28-11-29-21(16)31;1-2-3(4)5/h11-13,17-19,23,34-35H,4-10H2,1-3H3,(H,26,32)(H,27,36)(H,40,41)(H,42,43)(H2,25,28,29)(H2,37,38,39);2H2,1H3,(H,4,5)/t13-,17-,18-,19+,23-;/m1./s1. The molecule has 2 aromatic rings. The lowest BCUT2D eigenvalue weighted by Crippen LogP contribution is -2.46. The maximum absolute atomic E-state index is 12.6. The van der Waals surface area contributed by atoms with Crippen LogP contribution in [0, 0.1) is 5.41 Å². The van der Waals surface area contributed by atoms with E-state index in [-0.39, 0.29) is 48.0 Å². The molecule has 0 radical (unpaired) electrons. The number of phosphoric acid groups is 3. The highest BCUT2D eigenvalue weighted by Gasteiger charge is 2.50. The number of carboxylic acids is 1. The van der Waals surface area contributed by atoms with Gasteiger partial charge >= 0.3 is 29.4 Å². The minimum Gasteiger partial charge on any atom is -0.481 e. The van der Waals surface area contributed by atoms with Crippen LogP contribution in [-0.4, -0.2) is 134 Å².